The van der Waals surface area contributed by atoms with Crippen LogP contribution in [0.2, 0.25) is 6.04 Å². The van der Waals surface area contributed by atoms with Crippen molar-refractivity contribution in [2.45, 2.75) is 60.9 Å². The zero-order chi connectivity index (χ0) is 29.3. The van der Waals surface area contributed by atoms with Crippen molar-refractivity contribution in [3.05, 3.63) is 100 Å². The molecule has 9 heteroatoms. The molecule has 0 heterocycles. The van der Waals surface area contributed by atoms with Crippen molar-refractivity contribution in [3.63, 3.8) is 0 Å². The summed E-state index contributed by atoms with van der Waals surface area (Å²) in [4.78, 5) is 12.0. The van der Waals surface area contributed by atoms with Gasteiger partial charge in [0.2, 0.25) is 0 Å². The van der Waals surface area contributed by atoms with Crippen molar-refractivity contribution in [3.8, 4) is 0 Å². The van der Waals surface area contributed by atoms with Gasteiger partial charge in [-0.15, -0.1) is 0 Å². The van der Waals surface area contributed by atoms with E-state index >= 15 is 0 Å². The summed E-state index contributed by atoms with van der Waals surface area (Å²) in [5.74, 6) is -0.366. The molecule has 0 atom stereocenters. The molecule has 5 nitrogen and oxygen atoms in total. The minimum absolute atomic E-state index is 0.289. The van der Waals surface area contributed by atoms with Gasteiger partial charge in [0.05, 0.1) is 6.61 Å². The zero-order valence-electron chi connectivity index (χ0n) is 25.2. The average molecular weight is 609 g/mol. The Hall–Kier alpha value is -2.38. The third-order valence-electron chi connectivity index (χ3n) is 7.70. The minimum Gasteiger partial charge on any atom is -0.462 e. The molecule has 0 aliphatic carbocycles. The molecule has 0 bridgehead atoms. The summed E-state index contributed by atoms with van der Waals surface area (Å²) in [6, 6.07) is 19.9. The summed E-state index contributed by atoms with van der Waals surface area (Å²) in [6.45, 7) is 18.6. The number of carbonyl (C=O) groups excluding carboxylic acids is 1. The quantitative estimate of drug-likeness (QED) is 0.122. The van der Waals surface area contributed by atoms with Gasteiger partial charge in [0.25, 0.3) is 0 Å². The number of hydrogen-bond acceptors (Lipinski definition) is 5. The molecule has 0 saturated heterocycles. The number of benzene rings is 3. The molecule has 214 valence electrons. The first-order valence-corrected chi connectivity index (χ1v) is 19.7. The van der Waals surface area contributed by atoms with Crippen LogP contribution in [0.5, 0.6) is 0 Å². The van der Waals surface area contributed by atoms with Crippen LogP contribution in [-0.2, 0) is 21.9 Å². The lowest BCUT2D eigenvalue weighted by atomic mass is 10.1. The highest BCUT2D eigenvalue weighted by Gasteiger charge is 2.40. The molecule has 3 aromatic rings. The SMILES string of the molecule is C=C(C)C(=O)OCCC[Si](O[SiH2]c1cccc(C)c1C)(O[SiH2]c1cccc(C)c1C)O[SiH2]c1cccc(C)c1C. The summed E-state index contributed by atoms with van der Waals surface area (Å²) in [5, 5.41) is 3.83. The van der Waals surface area contributed by atoms with Crippen LogP contribution in [0.4, 0.5) is 0 Å². The van der Waals surface area contributed by atoms with Gasteiger partial charge in [0.1, 0.15) is 0 Å². The highest BCUT2D eigenvalue weighted by molar-refractivity contribution is 6.78. The Labute approximate surface area is 248 Å². The zero-order valence-corrected chi connectivity index (χ0v) is 30.4. The average Bonchev–Trinajstić information content (AvgIpc) is 2.93. The van der Waals surface area contributed by atoms with Crippen LogP contribution in [0.3, 0.4) is 0 Å². The third-order valence-corrected chi connectivity index (χ3v) is 18.9. The third kappa shape index (κ3) is 8.81. The predicted molar refractivity (Wildman–Crippen MR) is 176 cm³/mol. The molecule has 0 radical (unpaired) electrons. The first-order chi connectivity index (χ1) is 19.0. The van der Waals surface area contributed by atoms with Crippen LogP contribution in [0.15, 0.2) is 66.7 Å². The Morgan fingerprint density at radius 3 is 1.43 bits per heavy atom. The topological polar surface area (TPSA) is 54.0 Å². The van der Waals surface area contributed by atoms with Crippen molar-refractivity contribution in [2.24, 2.45) is 0 Å². The number of carbonyl (C=O) groups is 1. The van der Waals surface area contributed by atoms with Gasteiger partial charge < -0.3 is 17.1 Å². The van der Waals surface area contributed by atoms with E-state index in [0.29, 0.717) is 18.0 Å². The number of rotatable bonds is 14. The highest BCUT2D eigenvalue weighted by atomic mass is 28.5. The summed E-state index contributed by atoms with van der Waals surface area (Å²) >= 11 is 0. The molecular formula is C31H44O5Si4. The van der Waals surface area contributed by atoms with Crippen molar-refractivity contribution in [2.75, 3.05) is 6.61 Å². The van der Waals surface area contributed by atoms with Gasteiger partial charge in [-0.25, -0.2) is 4.79 Å². The lowest BCUT2D eigenvalue weighted by Gasteiger charge is -2.32. The molecule has 3 rings (SSSR count). The molecule has 0 fully saturated rings. The van der Waals surface area contributed by atoms with Crippen LogP contribution >= 0.6 is 0 Å². The fraction of sp³-hybridized carbons (Fsp3) is 0.323. The smallest absolute Gasteiger partial charge is 0.462 e. The van der Waals surface area contributed by atoms with Gasteiger partial charge in [-0.3, -0.25) is 0 Å². The number of aryl methyl sites for hydroxylation is 3. The first-order valence-electron chi connectivity index (χ1n) is 13.9. The molecule has 0 spiro atoms. The van der Waals surface area contributed by atoms with Gasteiger partial charge in [0, 0.05) is 11.6 Å². The minimum atomic E-state index is -3.09. The summed E-state index contributed by atoms with van der Waals surface area (Å²) < 4.78 is 26.2. The maximum atomic E-state index is 12.0. The second kappa shape index (κ2) is 15.0. The molecule has 0 aliphatic heterocycles. The molecule has 3 aromatic carbocycles. The van der Waals surface area contributed by atoms with E-state index in [9.17, 15) is 4.79 Å². The fourth-order valence-corrected chi connectivity index (χ4v) is 16.6. The van der Waals surface area contributed by atoms with Crippen LogP contribution in [0, 0.1) is 41.5 Å². The number of ether oxygens (including phenoxy) is 1. The van der Waals surface area contributed by atoms with Gasteiger partial charge in [-0.2, -0.15) is 0 Å². The molecule has 40 heavy (non-hydrogen) atoms. The van der Waals surface area contributed by atoms with E-state index in [1.807, 2.05) is 0 Å². The largest absolute Gasteiger partial charge is 0.469 e. The summed E-state index contributed by atoms with van der Waals surface area (Å²) in [5.41, 5.74) is 8.05. The molecule has 0 saturated carbocycles. The molecule has 0 aliphatic rings. The number of hydrogen-bond donors (Lipinski definition) is 0. The second-order valence-electron chi connectivity index (χ2n) is 10.6. The maximum Gasteiger partial charge on any atom is 0.469 e. The normalized spacial score (nSPS) is 13.6. The second-order valence-corrected chi connectivity index (χ2v) is 19.1. The van der Waals surface area contributed by atoms with Gasteiger partial charge in [-0.1, -0.05) is 61.2 Å². The molecule has 0 aromatic heterocycles. The Balaban J connectivity index is 1.92. The van der Waals surface area contributed by atoms with E-state index in [4.69, 9.17) is 17.1 Å². The maximum absolute atomic E-state index is 12.0. The van der Waals surface area contributed by atoms with Crippen LogP contribution in [0.25, 0.3) is 0 Å². The van der Waals surface area contributed by atoms with E-state index in [1.54, 1.807) is 6.92 Å². The Morgan fingerprint density at radius 1 is 0.700 bits per heavy atom. The highest BCUT2D eigenvalue weighted by Crippen LogP contribution is 2.19. The van der Waals surface area contributed by atoms with Crippen LogP contribution in [-0.4, -0.2) is 50.7 Å². The van der Waals surface area contributed by atoms with Crippen molar-refractivity contribution >= 4 is 59.6 Å². The van der Waals surface area contributed by atoms with Crippen LogP contribution in [0.1, 0.15) is 46.7 Å². The van der Waals surface area contributed by atoms with E-state index in [1.165, 1.54) is 48.9 Å². The van der Waals surface area contributed by atoms with Crippen molar-refractivity contribution in [1.29, 1.82) is 0 Å². The molecule has 0 amide bonds. The van der Waals surface area contributed by atoms with E-state index < -0.39 is 38.1 Å². The molecule has 0 N–H and O–H groups in total. The standard InChI is InChI=1S/C31H44O5Si4/c1-21(2)31(32)33-19-12-20-40(34-37-28-16-9-13-22(3)25(28)6,35-38-29-17-10-14-23(4)26(29)7)36-39-30-18-11-15-24(5)27(30)8/h9-11,13-18H,1,12,19-20,37-39H2,2-8H3. The van der Waals surface area contributed by atoms with Crippen LogP contribution < -0.4 is 15.6 Å². The molecular weight excluding hydrogens is 565 g/mol. The van der Waals surface area contributed by atoms with Crippen molar-refractivity contribution < 1.29 is 21.9 Å². The monoisotopic (exact) mass is 608 g/mol. The Kier molecular flexibility index (Phi) is 12.1. The molecule has 0 unspecified atom stereocenters. The predicted octanol–water partition coefficient (Wildman–Crippen LogP) is 2.56. The van der Waals surface area contributed by atoms with Crippen molar-refractivity contribution in [1.82, 2.24) is 0 Å². The lowest BCUT2D eigenvalue weighted by molar-refractivity contribution is -0.138. The summed E-state index contributed by atoms with van der Waals surface area (Å²) in [6.07, 6.45) is 0.620. The Bertz CT molecular complexity index is 1210. The summed E-state index contributed by atoms with van der Waals surface area (Å²) in [7, 11) is -6.48. The number of esters is 1. The van der Waals surface area contributed by atoms with E-state index in [-0.39, 0.29) is 12.6 Å². The Morgan fingerprint density at radius 2 is 1.07 bits per heavy atom. The first kappa shape index (κ1) is 32.1. The lowest BCUT2D eigenvalue weighted by Crippen LogP contribution is -2.53. The van der Waals surface area contributed by atoms with E-state index in [0.717, 1.165) is 0 Å². The van der Waals surface area contributed by atoms with E-state index in [2.05, 4.69) is 103 Å². The van der Waals surface area contributed by atoms with Gasteiger partial charge >= 0.3 is 14.8 Å². The van der Waals surface area contributed by atoms with Gasteiger partial charge in [0.15, 0.2) is 29.3 Å². The fourth-order valence-electron chi connectivity index (χ4n) is 4.39. The van der Waals surface area contributed by atoms with Gasteiger partial charge in [-0.05, 0) is 104 Å².